The molecule has 0 N–H and O–H groups in total. The van der Waals surface area contributed by atoms with E-state index >= 15 is 0 Å². The van der Waals surface area contributed by atoms with E-state index in [0.717, 1.165) is 67.5 Å². The fraction of sp³-hybridized carbons (Fsp3) is 0.0492. The fourth-order valence-electron chi connectivity index (χ4n) is 10.2. The Morgan fingerprint density at radius 2 is 0.875 bits per heavy atom. The standard InChI is InChI=1S/C61H44N2O/c1-61(2)53-25-13-12-22-51(53)60-54(61)26-15-27-56(60)63(47-34-32-44(33-35-47)43-30-28-42(29-31-43)41-16-6-3-7-17-41)55-38-39-57-59-50(23-14-24-52(55)59)49-37-36-48(40-58(49)64-57)62(45-18-8-4-9-19-45)46-20-10-5-11-21-46/h3-40H,1-2H3. The molecule has 1 aliphatic carbocycles. The molecule has 0 unspecified atom stereocenters. The topological polar surface area (TPSA) is 15.7 Å². The van der Waals surface area contributed by atoms with E-state index in [1.54, 1.807) is 0 Å². The Kier molecular flexibility index (Phi) is 8.84. The SMILES string of the molecule is CC1(C)c2ccccc2-c2c(N(c3ccc(-c4ccc(-c5ccccc5)cc4)cc3)c3ccc4c5c(cccc35)-c3ccc(N(c5ccccc5)c5ccccc5)cc3O4)cccc21. The van der Waals surface area contributed by atoms with Crippen LogP contribution >= 0.6 is 0 Å². The number of hydrogen-bond acceptors (Lipinski definition) is 3. The van der Waals surface area contributed by atoms with Crippen molar-refractivity contribution in [2.24, 2.45) is 0 Å². The van der Waals surface area contributed by atoms with E-state index in [-0.39, 0.29) is 5.41 Å². The van der Waals surface area contributed by atoms with Gasteiger partial charge in [-0.15, -0.1) is 0 Å². The Morgan fingerprint density at radius 3 is 1.56 bits per heavy atom. The third-order valence-corrected chi connectivity index (χ3v) is 13.3. The number of anilines is 6. The molecule has 10 aromatic carbocycles. The first-order chi connectivity index (χ1) is 31.5. The van der Waals surface area contributed by atoms with E-state index in [2.05, 4.69) is 254 Å². The molecule has 64 heavy (non-hydrogen) atoms. The third-order valence-electron chi connectivity index (χ3n) is 13.3. The lowest BCUT2D eigenvalue weighted by Gasteiger charge is -2.31. The van der Waals surface area contributed by atoms with E-state index in [1.807, 2.05) is 0 Å². The minimum Gasteiger partial charge on any atom is -0.456 e. The molecule has 0 saturated heterocycles. The van der Waals surface area contributed by atoms with Crippen molar-refractivity contribution in [3.05, 3.63) is 242 Å². The Balaban J connectivity index is 1.00. The molecule has 0 radical (unpaired) electrons. The molecule has 0 aromatic heterocycles. The van der Waals surface area contributed by atoms with E-state index in [1.165, 1.54) is 44.5 Å². The summed E-state index contributed by atoms with van der Waals surface area (Å²) in [6.07, 6.45) is 0. The van der Waals surface area contributed by atoms with Gasteiger partial charge in [0.2, 0.25) is 0 Å². The van der Waals surface area contributed by atoms with Gasteiger partial charge >= 0.3 is 0 Å². The average Bonchev–Trinajstić information content (AvgIpc) is 3.59. The average molecular weight is 821 g/mol. The monoisotopic (exact) mass is 820 g/mol. The maximum absolute atomic E-state index is 6.96. The summed E-state index contributed by atoms with van der Waals surface area (Å²) < 4.78 is 6.96. The quantitative estimate of drug-likeness (QED) is 0.152. The lowest BCUT2D eigenvalue weighted by atomic mass is 9.82. The van der Waals surface area contributed by atoms with Gasteiger partial charge in [0.05, 0.1) is 11.4 Å². The summed E-state index contributed by atoms with van der Waals surface area (Å²) in [7, 11) is 0. The van der Waals surface area contributed by atoms with E-state index in [4.69, 9.17) is 4.74 Å². The predicted molar refractivity (Wildman–Crippen MR) is 267 cm³/mol. The maximum atomic E-state index is 6.96. The lowest BCUT2D eigenvalue weighted by molar-refractivity contribution is 0.487. The van der Waals surface area contributed by atoms with Gasteiger partial charge < -0.3 is 14.5 Å². The molecule has 3 nitrogen and oxygen atoms in total. The lowest BCUT2D eigenvalue weighted by Crippen LogP contribution is -2.16. The summed E-state index contributed by atoms with van der Waals surface area (Å²) in [5.74, 6) is 1.69. The van der Waals surface area contributed by atoms with Gasteiger partial charge in [0.1, 0.15) is 11.5 Å². The van der Waals surface area contributed by atoms with Gasteiger partial charge in [-0.2, -0.15) is 0 Å². The van der Waals surface area contributed by atoms with Crippen LogP contribution in [0.1, 0.15) is 25.0 Å². The highest BCUT2D eigenvalue weighted by Gasteiger charge is 2.38. The summed E-state index contributed by atoms with van der Waals surface area (Å²) in [5.41, 5.74) is 18.7. The second-order valence-corrected chi connectivity index (χ2v) is 17.3. The molecule has 1 heterocycles. The first-order valence-corrected chi connectivity index (χ1v) is 22.1. The van der Waals surface area contributed by atoms with E-state index < -0.39 is 0 Å². The molecule has 304 valence electrons. The molecule has 0 fully saturated rings. The zero-order valence-electron chi connectivity index (χ0n) is 35.7. The van der Waals surface area contributed by atoms with Crippen molar-refractivity contribution in [1.82, 2.24) is 0 Å². The summed E-state index contributed by atoms with van der Waals surface area (Å²) in [5, 5.41) is 2.24. The largest absolute Gasteiger partial charge is 0.456 e. The molecule has 3 heteroatoms. The molecule has 0 atom stereocenters. The molecule has 12 rings (SSSR count). The Hall–Kier alpha value is -8.14. The highest BCUT2D eigenvalue weighted by Crippen LogP contribution is 2.56. The van der Waals surface area contributed by atoms with Gasteiger partial charge in [-0.1, -0.05) is 172 Å². The normalized spacial score (nSPS) is 12.8. The molecule has 0 amide bonds. The molecular formula is C61H44N2O. The minimum atomic E-state index is -0.143. The van der Waals surface area contributed by atoms with Crippen LogP contribution in [0.15, 0.2) is 231 Å². The van der Waals surface area contributed by atoms with Gasteiger partial charge in [0.15, 0.2) is 0 Å². The predicted octanol–water partition coefficient (Wildman–Crippen LogP) is 17.2. The third kappa shape index (κ3) is 6.12. The summed E-state index contributed by atoms with van der Waals surface area (Å²) in [6.45, 7) is 4.70. The summed E-state index contributed by atoms with van der Waals surface area (Å²) >= 11 is 0. The van der Waals surface area contributed by atoms with E-state index in [0.29, 0.717) is 0 Å². The maximum Gasteiger partial charge on any atom is 0.137 e. The van der Waals surface area contributed by atoms with Crippen molar-refractivity contribution in [3.63, 3.8) is 0 Å². The van der Waals surface area contributed by atoms with Crippen molar-refractivity contribution in [2.45, 2.75) is 19.3 Å². The van der Waals surface area contributed by atoms with Crippen LogP contribution in [0.2, 0.25) is 0 Å². The molecule has 0 spiro atoms. The van der Waals surface area contributed by atoms with Crippen LogP contribution in [0.4, 0.5) is 34.1 Å². The molecular weight excluding hydrogens is 777 g/mol. The number of ether oxygens (including phenoxy) is 1. The van der Waals surface area contributed by atoms with Gasteiger partial charge in [-0.3, -0.25) is 0 Å². The van der Waals surface area contributed by atoms with Crippen LogP contribution in [0, 0.1) is 0 Å². The highest BCUT2D eigenvalue weighted by molar-refractivity contribution is 6.12. The number of nitrogens with zero attached hydrogens (tertiary/aromatic N) is 2. The van der Waals surface area contributed by atoms with Gasteiger partial charge in [0.25, 0.3) is 0 Å². The van der Waals surface area contributed by atoms with Crippen molar-refractivity contribution in [3.8, 4) is 56.0 Å². The molecule has 2 aliphatic rings. The van der Waals surface area contributed by atoms with Gasteiger partial charge in [0, 0.05) is 56.1 Å². The van der Waals surface area contributed by atoms with Crippen LogP contribution in [-0.2, 0) is 5.41 Å². The molecule has 0 bridgehead atoms. The van der Waals surface area contributed by atoms with Crippen molar-refractivity contribution < 1.29 is 4.74 Å². The zero-order chi connectivity index (χ0) is 42.8. The first kappa shape index (κ1) is 37.6. The molecule has 0 saturated carbocycles. The number of para-hydroxylation sites is 2. The Labute approximate surface area is 374 Å². The van der Waals surface area contributed by atoms with Crippen molar-refractivity contribution in [1.29, 1.82) is 0 Å². The number of benzene rings is 10. The van der Waals surface area contributed by atoms with Crippen molar-refractivity contribution in [2.75, 3.05) is 9.80 Å². The molecule has 10 aromatic rings. The summed E-state index contributed by atoms with van der Waals surface area (Å²) in [6, 6.07) is 83.1. The van der Waals surface area contributed by atoms with Crippen LogP contribution in [0.3, 0.4) is 0 Å². The highest BCUT2D eigenvalue weighted by atomic mass is 16.5. The van der Waals surface area contributed by atoms with Crippen LogP contribution in [0.25, 0.3) is 55.3 Å². The Morgan fingerprint density at radius 1 is 0.344 bits per heavy atom. The number of fused-ring (bicyclic) bond motifs is 5. The van der Waals surface area contributed by atoms with Crippen molar-refractivity contribution >= 4 is 44.9 Å². The van der Waals surface area contributed by atoms with Gasteiger partial charge in [-0.25, -0.2) is 0 Å². The van der Waals surface area contributed by atoms with E-state index in [9.17, 15) is 0 Å². The second kappa shape index (κ2) is 15.0. The second-order valence-electron chi connectivity index (χ2n) is 17.3. The smallest absolute Gasteiger partial charge is 0.137 e. The first-order valence-electron chi connectivity index (χ1n) is 22.1. The number of rotatable bonds is 8. The minimum absolute atomic E-state index is 0.143. The van der Waals surface area contributed by atoms with Gasteiger partial charge in [-0.05, 0) is 111 Å². The fourth-order valence-corrected chi connectivity index (χ4v) is 10.2. The van der Waals surface area contributed by atoms with Crippen LogP contribution < -0.4 is 14.5 Å². The number of hydrogen-bond donors (Lipinski definition) is 0. The molecule has 1 aliphatic heterocycles. The van der Waals surface area contributed by atoms with Crippen LogP contribution in [0.5, 0.6) is 11.5 Å². The Bertz CT molecular complexity index is 3320. The van der Waals surface area contributed by atoms with Crippen LogP contribution in [-0.4, -0.2) is 0 Å². The summed E-state index contributed by atoms with van der Waals surface area (Å²) in [4.78, 5) is 4.75. The zero-order valence-corrected chi connectivity index (χ0v) is 35.7.